The van der Waals surface area contributed by atoms with Gasteiger partial charge in [0.05, 0.1) is 17.8 Å². The lowest BCUT2D eigenvalue weighted by molar-refractivity contribution is -0.200. The normalized spacial score (nSPS) is 28.4. The van der Waals surface area contributed by atoms with Crippen molar-refractivity contribution in [1.82, 2.24) is 9.78 Å². The van der Waals surface area contributed by atoms with E-state index in [0.717, 1.165) is 30.4 Å². The second-order valence-corrected chi connectivity index (χ2v) is 11.0. The van der Waals surface area contributed by atoms with Crippen LogP contribution in [-0.4, -0.2) is 32.9 Å². The van der Waals surface area contributed by atoms with Gasteiger partial charge in [-0.1, -0.05) is 23.7 Å². The first-order valence-corrected chi connectivity index (χ1v) is 12.3. The average molecular weight is 515 g/mol. The van der Waals surface area contributed by atoms with Crippen LogP contribution in [0.25, 0.3) is 11.1 Å². The van der Waals surface area contributed by atoms with E-state index in [0.29, 0.717) is 29.7 Å². The highest BCUT2D eigenvalue weighted by Crippen LogP contribution is 2.73. The van der Waals surface area contributed by atoms with E-state index in [2.05, 4.69) is 9.84 Å². The van der Waals surface area contributed by atoms with Crippen LogP contribution < -0.4 is 9.47 Å². The third kappa shape index (κ3) is 4.06. The smallest absolute Gasteiger partial charge is 0.394 e. The molecule has 188 valence electrons. The summed E-state index contributed by atoms with van der Waals surface area (Å²) in [6.07, 6.45) is 2.34. The van der Waals surface area contributed by atoms with E-state index >= 15 is 0 Å². The number of Topliss-reactive ketones (excluding diaryl/α,β-unsaturated/α-hetero) is 1. The number of carbonyl (C=O) groups is 1. The zero-order valence-electron chi connectivity index (χ0n) is 19.6. The molecule has 3 saturated carbocycles. The van der Waals surface area contributed by atoms with Crippen molar-refractivity contribution in [2.45, 2.75) is 62.9 Å². The van der Waals surface area contributed by atoms with E-state index in [-0.39, 0.29) is 28.9 Å². The largest absolute Gasteiger partial charge is 0.482 e. The van der Waals surface area contributed by atoms with Crippen LogP contribution in [0.5, 0.6) is 11.5 Å². The van der Waals surface area contributed by atoms with Crippen molar-refractivity contribution >= 4 is 17.4 Å². The zero-order valence-corrected chi connectivity index (χ0v) is 20.3. The lowest BCUT2D eigenvalue weighted by Crippen LogP contribution is -2.68. The number of benzene rings is 2. The lowest BCUT2D eigenvalue weighted by atomic mass is 9.38. The molecule has 4 aliphatic rings. The maximum absolute atomic E-state index is 13.1. The predicted molar refractivity (Wildman–Crippen MR) is 128 cm³/mol. The third-order valence-electron chi connectivity index (χ3n) is 7.61. The summed E-state index contributed by atoms with van der Waals surface area (Å²) in [5.41, 5.74) is 2.25. The summed E-state index contributed by atoms with van der Waals surface area (Å²) in [6.45, 7) is 0.704. The Balaban J connectivity index is 1.07. The molecule has 3 aliphatic carbocycles. The molecule has 3 aromatic rings. The summed E-state index contributed by atoms with van der Waals surface area (Å²) in [5, 5.41) is 15.6. The van der Waals surface area contributed by atoms with Crippen LogP contribution in [0.3, 0.4) is 0 Å². The Morgan fingerprint density at radius 2 is 1.94 bits per heavy atom. The number of hydrogen-bond acceptors (Lipinski definition) is 5. The van der Waals surface area contributed by atoms with Crippen molar-refractivity contribution in [2.24, 2.45) is 5.41 Å². The molecule has 0 radical (unpaired) electrons. The monoisotopic (exact) mass is 514 g/mol. The summed E-state index contributed by atoms with van der Waals surface area (Å²) in [5.74, 6) is 0.633. The fourth-order valence-electron chi connectivity index (χ4n) is 6.12. The van der Waals surface area contributed by atoms with Crippen molar-refractivity contribution in [3.8, 4) is 22.6 Å². The molecule has 2 aromatic carbocycles. The molecule has 0 unspecified atom stereocenters. The van der Waals surface area contributed by atoms with Gasteiger partial charge in [0.15, 0.2) is 11.9 Å². The first-order chi connectivity index (χ1) is 17.0. The van der Waals surface area contributed by atoms with Gasteiger partial charge in [0.25, 0.3) is 0 Å². The Morgan fingerprint density at radius 3 is 2.64 bits per heavy atom. The molecule has 3 fully saturated rings. The van der Waals surface area contributed by atoms with Crippen LogP contribution in [0.1, 0.15) is 50.7 Å². The standard InChI is InChI=1S/C27H25ClF2N2O4/c1-25(29,30)36-19-5-2-16(3-6-19)17-11-31-32(12-17)27-13-26(14-27,15-27)10-22(34)24-9-21(33)20-8-18(28)4-7-23(20)35-24/h2-8,11-12,21,24,33H,9-10,13-15H2,1H3/t21-,24-,26?,27?/m1/s1. The van der Waals surface area contributed by atoms with Crippen LogP contribution in [0.4, 0.5) is 8.78 Å². The van der Waals surface area contributed by atoms with E-state index in [9.17, 15) is 18.7 Å². The van der Waals surface area contributed by atoms with E-state index < -0.39 is 18.3 Å². The number of ether oxygens (including phenoxy) is 2. The summed E-state index contributed by atoms with van der Waals surface area (Å²) in [7, 11) is 0. The minimum absolute atomic E-state index is 0.0177. The highest BCUT2D eigenvalue weighted by atomic mass is 35.5. The molecular formula is C27H25ClF2N2O4. The third-order valence-corrected chi connectivity index (χ3v) is 7.85. The van der Waals surface area contributed by atoms with Gasteiger partial charge in [0, 0.05) is 42.1 Å². The molecule has 1 aromatic heterocycles. The molecule has 2 atom stereocenters. The van der Waals surface area contributed by atoms with Gasteiger partial charge in [0.1, 0.15) is 11.5 Å². The summed E-state index contributed by atoms with van der Waals surface area (Å²) < 4.78 is 38.6. The van der Waals surface area contributed by atoms with Crippen molar-refractivity contribution in [1.29, 1.82) is 0 Å². The average Bonchev–Trinajstić information content (AvgIpc) is 3.24. The maximum Gasteiger partial charge on any atom is 0.394 e. The van der Waals surface area contributed by atoms with E-state index in [1.54, 1.807) is 36.5 Å². The van der Waals surface area contributed by atoms with E-state index in [4.69, 9.17) is 16.3 Å². The second kappa shape index (κ2) is 8.02. The van der Waals surface area contributed by atoms with Crippen molar-refractivity contribution in [2.75, 3.05) is 0 Å². The second-order valence-electron chi connectivity index (χ2n) is 10.5. The number of aromatic nitrogens is 2. The number of carbonyl (C=O) groups excluding carboxylic acids is 1. The number of hydrogen-bond donors (Lipinski definition) is 1. The molecule has 1 N–H and O–H groups in total. The van der Waals surface area contributed by atoms with Gasteiger partial charge in [-0.2, -0.15) is 13.9 Å². The number of rotatable bonds is 7. The molecule has 0 saturated heterocycles. The lowest BCUT2D eigenvalue weighted by Gasteiger charge is -2.70. The first-order valence-electron chi connectivity index (χ1n) is 11.9. The van der Waals surface area contributed by atoms with Gasteiger partial charge in [-0.25, -0.2) is 0 Å². The Morgan fingerprint density at radius 1 is 1.22 bits per heavy atom. The zero-order chi connectivity index (χ0) is 25.3. The number of halogens is 3. The molecule has 2 heterocycles. The van der Waals surface area contributed by atoms with Gasteiger partial charge < -0.3 is 14.6 Å². The fourth-order valence-corrected chi connectivity index (χ4v) is 6.30. The van der Waals surface area contributed by atoms with Gasteiger partial charge in [-0.3, -0.25) is 9.48 Å². The topological polar surface area (TPSA) is 73.6 Å². The quantitative estimate of drug-likeness (QED) is 0.424. The molecule has 36 heavy (non-hydrogen) atoms. The molecule has 9 heteroatoms. The van der Waals surface area contributed by atoms with Gasteiger partial charge in [0.2, 0.25) is 0 Å². The molecule has 2 bridgehead atoms. The first kappa shape index (κ1) is 23.4. The predicted octanol–water partition coefficient (Wildman–Crippen LogP) is 5.92. The van der Waals surface area contributed by atoms with Crippen LogP contribution >= 0.6 is 11.6 Å². The van der Waals surface area contributed by atoms with Crippen molar-refractivity contribution in [3.63, 3.8) is 0 Å². The Labute approximate surface area is 211 Å². The fraction of sp³-hybridized carbons (Fsp3) is 0.407. The van der Waals surface area contributed by atoms with Crippen molar-refractivity contribution in [3.05, 3.63) is 65.4 Å². The van der Waals surface area contributed by atoms with Crippen LogP contribution in [0.2, 0.25) is 5.02 Å². The SMILES string of the molecule is CC(F)(F)Oc1ccc(-c2cnn(C34CC(CC(=O)[C@H]5C[C@@H](O)c6cc(Cl)ccc6O5)(C3)C4)c2)cc1. The Bertz CT molecular complexity index is 1310. The summed E-state index contributed by atoms with van der Waals surface area (Å²) in [6, 6.07) is 11.6. The maximum atomic E-state index is 13.1. The van der Waals surface area contributed by atoms with Crippen molar-refractivity contribution < 1.29 is 28.2 Å². The molecule has 6 nitrogen and oxygen atoms in total. The Hall–Kier alpha value is -2.97. The molecule has 1 aliphatic heterocycles. The highest BCUT2D eigenvalue weighted by molar-refractivity contribution is 6.30. The molecule has 0 spiro atoms. The number of alkyl halides is 2. The van der Waals surface area contributed by atoms with Crippen LogP contribution in [0, 0.1) is 5.41 Å². The number of fused-ring (bicyclic) bond motifs is 1. The van der Waals surface area contributed by atoms with E-state index in [1.165, 1.54) is 12.1 Å². The number of ketones is 1. The summed E-state index contributed by atoms with van der Waals surface area (Å²) in [4.78, 5) is 13.1. The molecular weight excluding hydrogens is 490 g/mol. The number of aliphatic hydroxyl groups is 1. The van der Waals surface area contributed by atoms with E-state index in [1.807, 2.05) is 10.9 Å². The Kier molecular flexibility index (Phi) is 5.22. The highest BCUT2D eigenvalue weighted by Gasteiger charge is 2.69. The number of nitrogens with zero attached hydrogens (tertiary/aromatic N) is 2. The molecule has 0 amide bonds. The van der Waals surface area contributed by atoms with Gasteiger partial charge >= 0.3 is 6.11 Å². The van der Waals surface area contributed by atoms with Crippen LogP contribution in [-0.2, 0) is 10.3 Å². The van der Waals surface area contributed by atoms with Crippen LogP contribution in [0.15, 0.2) is 54.9 Å². The molecule has 7 rings (SSSR count). The minimum Gasteiger partial charge on any atom is -0.482 e. The minimum atomic E-state index is -3.23. The number of aliphatic hydroxyl groups excluding tert-OH is 1. The van der Waals surface area contributed by atoms with Gasteiger partial charge in [-0.05, 0) is 60.6 Å². The van der Waals surface area contributed by atoms with Gasteiger partial charge in [-0.15, -0.1) is 0 Å². The summed E-state index contributed by atoms with van der Waals surface area (Å²) >= 11 is 6.02.